The summed E-state index contributed by atoms with van der Waals surface area (Å²) in [4.78, 5) is 2.36. The van der Waals surface area contributed by atoms with Gasteiger partial charge in [0.1, 0.15) is 11.5 Å². The molecule has 1 atom stereocenters. The van der Waals surface area contributed by atoms with E-state index in [9.17, 15) is 0 Å². The van der Waals surface area contributed by atoms with Gasteiger partial charge in [-0.15, -0.1) is 0 Å². The average molecular weight is 266 g/mol. The van der Waals surface area contributed by atoms with Crippen molar-refractivity contribution in [3.8, 4) is 0 Å². The van der Waals surface area contributed by atoms with E-state index >= 15 is 0 Å². The van der Waals surface area contributed by atoms with Gasteiger partial charge in [-0.3, -0.25) is 4.90 Å². The Hall–Kier alpha value is -0.800. The zero-order valence-electron chi connectivity index (χ0n) is 13.2. The summed E-state index contributed by atoms with van der Waals surface area (Å²) in [5.74, 6) is 2.79. The molecule has 0 aliphatic heterocycles. The Labute approximate surface area is 118 Å². The fourth-order valence-corrected chi connectivity index (χ4v) is 2.11. The second-order valence-corrected chi connectivity index (χ2v) is 6.02. The average Bonchev–Trinajstić information content (AvgIpc) is 2.73. The highest BCUT2D eigenvalue weighted by molar-refractivity contribution is 5.05. The van der Waals surface area contributed by atoms with E-state index in [2.05, 4.69) is 44.1 Å². The van der Waals surface area contributed by atoms with Crippen LogP contribution in [0.5, 0.6) is 0 Å². The van der Waals surface area contributed by atoms with E-state index in [1.165, 1.54) is 12.8 Å². The van der Waals surface area contributed by atoms with Crippen molar-refractivity contribution in [2.75, 3.05) is 20.1 Å². The van der Waals surface area contributed by atoms with Crippen molar-refractivity contribution in [2.24, 2.45) is 5.92 Å². The molecule has 0 aliphatic rings. The molecule has 0 amide bonds. The minimum absolute atomic E-state index is 0.589. The Morgan fingerprint density at radius 2 is 2.00 bits per heavy atom. The van der Waals surface area contributed by atoms with Gasteiger partial charge in [-0.25, -0.2) is 0 Å². The molecule has 1 heterocycles. The van der Waals surface area contributed by atoms with Crippen LogP contribution in [0.15, 0.2) is 16.5 Å². The highest BCUT2D eigenvalue weighted by Crippen LogP contribution is 2.12. The summed E-state index contributed by atoms with van der Waals surface area (Å²) < 4.78 is 5.62. The summed E-state index contributed by atoms with van der Waals surface area (Å²) in [7, 11) is 2.17. The molecule has 1 unspecified atom stereocenters. The number of furan rings is 1. The molecule has 1 aromatic heterocycles. The summed E-state index contributed by atoms with van der Waals surface area (Å²) in [6.45, 7) is 11.9. The van der Waals surface area contributed by atoms with Crippen molar-refractivity contribution in [1.82, 2.24) is 10.2 Å². The van der Waals surface area contributed by atoms with E-state index in [1.807, 2.05) is 13.0 Å². The fourth-order valence-electron chi connectivity index (χ4n) is 2.11. The lowest BCUT2D eigenvalue weighted by molar-refractivity contribution is 0.216. The van der Waals surface area contributed by atoms with Crippen LogP contribution in [0.2, 0.25) is 0 Å². The highest BCUT2D eigenvalue weighted by Gasteiger charge is 2.11. The maximum absolute atomic E-state index is 5.62. The highest BCUT2D eigenvalue weighted by atomic mass is 16.3. The molecule has 0 aliphatic carbocycles. The second-order valence-electron chi connectivity index (χ2n) is 6.02. The van der Waals surface area contributed by atoms with E-state index in [4.69, 9.17) is 4.42 Å². The Morgan fingerprint density at radius 3 is 2.58 bits per heavy atom. The second kappa shape index (κ2) is 8.39. The molecule has 19 heavy (non-hydrogen) atoms. The third-order valence-electron chi connectivity index (χ3n) is 3.48. The first kappa shape index (κ1) is 16.3. The minimum atomic E-state index is 0.589. The molecule has 0 aromatic carbocycles. The van der Waals surface area contributed by atoms with E-state index in [1.54, 1.807) is 0 Å². The van der Waals surface area contributed by atoms with Crippen LogP contribution in [0.3, 0.4) is 0 Å². The van der Waals surface area contributed by atoms with E-state index in [0.29, 0.717) is 6.04 Å². The van der Waals surface area contributed by atoms with Gasteiger partial charge in [0.05, 0.1) is 6.54 Å². The third-order valence-corrected chi connectivity index (χ3v) is 3.48. The maximum Gasteiger partial charge on any atom is 0.118 e. The first-order valence-corrected chi connectivity index (χ1v) is 7.45. The van der Waals surface area contributed by atoms with Gasteiger partial charge >= 0.3 is 0 Å². The molecule has 0 saturated heterocycles. The lowest BCUT2D eigenvalue weighted by atomic mass is 10.1. The van der Waals surface area contributed by atoms with Crippen molar-refractivity contribution in [3.05, 3.63) is 23.7 Å². The Kier molecular flexibility index (Phi) is 7.17. The van der Waals surface area contributed by atoms with Crippen molar-refractivity contribution in [1.29, 1.82) is 0 Å². The Morgan fingerprint density at radius 1 is 1.26 bits per heavy atom. The number of rotatable bonds is 9. The summed E-state index contributed by atoms with van der Waals surface area (Å²) in [5.41, 5.74) is 0. The predicted molar refractivity (Wildman–Crippen MR) is 81.3 cm³/mol. The normalized spacial score (nSPS) is 13.4. The van der Waals surface area contributed by atoms with Gasteiger partial charge in [0.25, 0.3) is 0 Å². The van der Waals surface area contributed by atoms with Crippen molar-refractivity contribution in [3.63, 3.8) is 0 Å². The van der Waals surface area contributed by atoms with Crippen LogP contribution < -0.4 is 5.32 Å². The van der Waals surface area contributed by atoms with Crippen LogP contribution in [0.4, 0.5) is 0 Å². The van der Waals surface area contributed by atoms with Gasteiger partial charge in [-0.2, -0.15) is 0 Å². The maximum atomic E-state index is 5.62. The summed E-state index contributed by atoms with van der Waals surface area (Å²) >= 11 is 0. The molecule has 3 heteroatoms. The predicted octanol–water partition coefficient (Wildman–Crippen LogP) is 3.43. The van der Waals surface area contributed by atoms with Gasteiger partial charge in [0.15, 0.2) is 0 Å². The Balaban J connectivity index is 2.16. The van der Waals surface area contributed by atoms with E-state index < -0.39 is 0 Å². The number of nitrogens with zero attached hydrogens (tertiary/aromatic N) is 1. The summed E-state index contributed by atoms with van der Waals surface area (Å²) in [6.07, 6.45) is 2.46. The van der Waals surface area contributed by atoms with Gasteiger partial charge in [-0.05, 0) is 64.9 Å². The Bertz CT molecular complexity index is 346. The molecule has 110 valence electrons. The molecule has 0 saturated carbocycles. The van der Waals surface area contributed by atoms with E-state index in [-0.39, 0.29) is 0 Å². The van der Waals surface area contributed by atoms with Gasteiger partial charge < -0.3 is 9.73 Å². The molecule has 1 rings (SSSR count). The topological polar surface area (TPSA) is 28.4 Å². The largest absolute Gasteiger partial charge is 0.465 e. The van der Waals surface area contributed by atoms with Crippen LogP contribution in [0.25, 0.3) is 0 Å². The molecule has 1 N–H and O–H groups in total. The standard InChI is InChI=1S/C16H30N2O/c1-13(2)11-17-10-6-7-14(3)18(5)12-16-9-8-15(4)19-16/h8-9,13-14,17H,6-7,10-12H2,1-5H3. The summed E-state index contributed by atoms with van der Waals surface area (Å²) in [5, 5.41) is 3.50. The molecular weight excluding hydrogens is 236 g/mol. The SMILES string of the molecule is Cc1ccc(CN(C)C(C)CCCNCC(C)C)o1. The van der Waals surface area contributed by atoms with Gasteiger partial charge in [-0.1, -0.05) is 13.8 Å². The van der Waals surface area contributed by atoms with Crippen LogP contribution in [-0.4, -0.2) is 31.1 Å². The zero-order chi connectivity index (χ0) is 14.3. The quantitative estimate of drug-likeness (QED) is 0.694. The van der Waals surface area contributed by atoms with Crippen LogP contribution >= 0.6 is 0 Å². The van der Waals surface area contributed by atoms with Crippen molar-refractivity contribution < 1.29 is 4.42 Å². The zero-order valence-corrected chi connectivity index (χ0v) is 13.2. The molecular formula is C16H30N2O. The van der Waals surface area contributed by atoms with Crippen molar-refractivity contribution >= 4 is 0 Å². The lowest BCUT2D eigenvalue weighted by Crippen LogP contribution is -2.29. The van der Waals surface area contributed by atoms with Crippen molar-refractivity contribution in [2.45, 2.75) is 53.1 Å². The van der Waals surface area contributed by atoms with Gasteiger partial charge in [0.2, 0.25) is 0 Å². The van der Waals surface area contributed by atoms with E-state index in [0.717, 1.165) is 37.1 Å². The number of hydrogen-bond donors (Lipinski definition) is 1. The first-order chi connectivity index (χ1) is 8.99. The minimum Gasteiger partial charge on any atom is -0.465 e. The van der Waals surface area contributed by atoms with Crippen LogP contribution in [0.1, 0.15) is 45.1 Å². The lowest BCUT2D eigenvalue weighted by Gasteiger charge is -2.23. The molecule has 0 fully saturated rings. The number of aryl methyl sites for hydroxylation is 1. The summed E-state index contributed by atoms with van der Waals surface area (Å²) in [6, 6.07) is 4.69. The smallest absolute Gasteiger partial charge is 0.118 e. The van der Waals surface area contributed by atoms with Crippen LogP contribution in [0, 0.1) is 12.8 Å². The number of hydrogen-bond acceptors (Lipinski definition) is 3. The molecule has 0 bridgehead atoms. The monoisotopic (exact) mass is 266 g/mol. The number of nitrogens with one attached hydrogen (secondary N) is 1. The third kappa shape index (κ3) is 6.79. The molecule has 3 nitrogen and oxygen atoms in total. The van der Waals surface area contributed by atoms with Gasteiger partial charge in [0, 0.05) is 6.04 Å². The molecule has 0 radical (unpaired) electrons. The first-order valence-electron chi connectivity index (χ1n) is 7.45. The molecule has 0 spiro atoms. The molecule has 1 aromatic rings. The van der Waals surface area contributed by atoms with Crippen LogP contribution in [-0.2, 0) is 6.54 Å². The fraction of sp³-hybridized carbons (Fsp3) is 0.750.